The van der Waals surface area contributed by atoms with Crippen molar-refractivity contribution in [2.45, 2.75) is 58.0 Å². The normalized spacial score (nSPS) is 14.7. The van der Waals surface area contributed by atoms with Crippen molar-refractivity contribution >= 4 is 21.5 Å². The van der Waals surface area contributed by atoms with E-state index in [9.17, 15) is 22.8 Å². The minimum Gasteiger partial charge on any atom is -0.333 e. The van der Waals surface area contributed by atoms with Crippen LogP contribution < -0.4 is 5.56 Å². The first-order valence-corrected chi connectivity index (χ1v) is 11.6. The largest absolute Gasteiger partial charge is 0.333 e. The first-order chi connectivity index (χ1) is 13.9. The Hall–Kier alpha value is -2.68. The lowest BCUT2D eigenvalue weighted by atomic mass is 9.88. The summed E-state index contributed by atoms with van der Waals surface area (Å²) in [4.78, 5) is 40.5. The van der Waals surface area contributed by atoms with Crippen LogP contribution >= 0.6 is 0 Å². The molecule has 1 aromatic carbocycles. The van der Waals surface area contributed by atoms with E-state index in [-0.39, 0.29) is 27.3 Å². The molecule has 3 rings (SSSR count). The second-order valence-electron chi connectivity index (χ2n) is 8.31. The first kappa shape index (κ1) is 22.0. The number of hydrogen-bond donors (Lipinski definition) is 1. The van der Waals surface area contributed by atoms with Crippen molar-refractivity contribution < 1.29 is 18.0 Å². The summed E-state index contributed by atoms with van der Waals surface area (Å²) in [6.07, 6.45) is 1.68. The van der Waals surface area contributed by atoms with Gasteiger partial charge in [0.15, 0.2) is 15.6 Å². The van der Waals surface area contributed by atoms with E-state index in [4.69, 9.17) is 0 Å². The van der Waals surface area contributed by atoms with Gasteiger partial charge in [-0.1, -0.05) is 6.92 Å². The monoisotopic (exact) mass is 433 g/mol. The molecule has 0 spiro atoms. The third kappa shape index (κ3) is 3.51. The maximum Gasteiger partial charge on any atom is 0.277 e. The summed E-state index contributed by atoms with van der Waals surface area (Å²) >= 11 is 0. The standard InChI is InChI=1S/C21H27N3O5S/c1-6-24-19(26)15(12-22-24)18(25)14-8-9-16(30(28,29)7-2)17-13(14)10-11-23(20(17)27)21(3,4)5/h8-9,12,22H,6-7,10-11H2,1-5H3. The molecule has 0 fully saturated rings. The van der Waals surface area contributed by atoms with Crippen LogP contribution in [-0.4, -0.2) is 52.6 Å². The summed E-state index contributed by atoms with van der Waals surface area (Å²) in [5.74, 6) is -1.09. The van der Waals surface area contributed by atoms with Gasteiger partial charge in [-0.05, 0) is 51.8 Å². The SMILES string of the molecule is CCn1[nH]cc(C(=O)c2ccc(S(=O)(=O)CC)c3c2CCN(C(C)(C)C)C3=O)c1=O. The maximum atomic E-state index is 13.4. The summed E-state index contributed by atoms with van der Waals surface area (Å²) in [6.45, 7) is 9.68. The predicted molar refractivity (Wildman–Crippen MR) is 113 cm³/mol. The van der Waals surface area contributed by atoms with Gasteiger partial charge in [0.2, 0.25) is 0 Å². The summed E-state index contributed by atoms with van der Waals surface area (Å²) in [5, 5.41) is 2.75. The topological polar surface area (TPSA) is 109 Å². The van der Waals surface area contributed by atoms with Crippen molar-refractivity contribution in [2.24, 2.45) is 0 Å². The molecule has 0 radical (unpaired) electrons. The molecule has 1 amide bonds. The number of sulfone groups is 1. The highest BCUT2D eigenvalue weighted by Crippen LogP contribution is 2.33. The zero-order valence-corrected chi connectivity index (χ0v) is 18.7. The van der Waals surface area contributed by atoms with Gasteiger partial charge in [0.05, 0.1) is 16.2 Å². The molecule has 0 bridgehead atoms. The van der Waals surface area contributed by atoms with Crippen LogP contribution in [0.25, 0.3) is 0 Å². The van der Waals surface area contributed by atoms with Gasteiger partial charge in [-0.25, -0.2) is 8.42 Å². The van der Waals surface area contributed by atoms with Gasteiger partial charge in [-0.2, -0.15) is 0 Å². The van der Waals surface area contributed by atoms with E-state index in [1.807, 2.05) is 20.8 Å². The molecule has 0 unspecified atom stereocenters. The molecule has 30 heavy (non-hydrogen) atoms. The van der Waals surface area contributed by atoms with Crippen molar-refractivity contribution in [3.63, 3.8) is 0 Å². The van der Waals surface area contributed by atoms with Crippen molar-refractivity contribution in [3.05, 3.63) is 50.9 Å². The molecule has 0 saturated carbocycles. The van der Waals surface area contributed by atoms with Crippen LogP contribution in [0.5, 0.6) is 0 Å². The minimum atomic E-state index is -3.69. The number of amides is 1. The van der Waals surface area contributed by atoms with Crippen molar-refractivity contribution in [1.82, 2.24) is 14.7 Å². The van der Waals surface area contributed by atoms with Gasteiger partial charge in [-0.15, -0.1) is 0 Å². The smallest absolute Gasteiger partial charge is 0.277 e. The summed E-state index contributed by atoms with van der Waals surface area (Å²) < 4.78 is 26.7. The average molecular weight is 434 g/mol. The Balaban J connectivity index is 2.26. The fourth-order valence-corrected chi connectivity index (χ4v) is 4.91. The summed E-state index contributed by atoms with van der Waals surface area (Å²) in [5.41, 5.74) is -0.339. The molecule has 0 saturated heterocycles. The average Bonchev–Trinajstić information content (AvgIpc) is 3.06. The zero-order valence-electron chi connectivity index (χ0n) is 17.9. The molecule has 2 aromatic rings. The number of ketones is 1. The number of aromatic nitrogens is 2. The van der Waals surface area contributed by atoms with Crippen molar-refractivity contribution in [1.29, 1.82) is 0 Å². The van der Waals surface area contributed by atoms with Crippen molar-refractivity contribution in [3.8, 4) is 0 Å². The molecule has 1 aliphatic rings. The number of fused-ring (bicyclic) bond motifs is 1. The van der Waals surface area contributed by atoms with Crippen molar-refractivity contribution in [2.75, 3.05) is 12.3 Å². The van der Waals surface area contributed by atoms with Crippen LogP contribution in [0, 0.1) is 0 Å². The van der Waals surface area contributed by atoms with Crippen LogP contribution in [0.4, 0.5) is 0 Å². The molecule has 162 valence electrons. The molecule has 1 aromatic heterocycles. The fourth-order valence-electron chi connectivity index (χ4n) is 3.80. The van der Waals surface area contributed by atoms with Crippen LogP contribution in [0.2, 0.25) is 0 Å². The summed E-state index contributed by atoms with van der Waals surface area (Å²) in [6, 6.07) is 2.74. The highest BCUT2D eigenvalue weighted by atomic mass is 32.2. The van der Waals surface area contributed by atoms with Gasteiger partial charge >= 0.3 is 0 Å². The van der Waals surface area contributed by atoms with Crippen LogP contribution in [0.3, 0.4) is 0 Å². The molecular weight excluding hydrogens is 406 g/mol. The van der Waals surface area contributed by atoms with Gasteiger partial charge in [0, 0.05) is 30.4 Å². The number of carbonyl (C=O) groups is 2. The number of benzene rings is 1. The molecular formula is C21H27N3O5S. The quantitative estimate of drug-likeness (QED) is 0.726. The number of H-pyrrole nitrogens is 1. The van der Waals surface area contributed by atoms with Gasteiger partial charge in [0.25, 0.3) is 11.5 Å². The van der Waals surface area contributed by atoms with E-state index < -0.39 is 32.6 Å². The van der Waals surface area contributed by atoms with E-state index in [0.717, 1.165) is 0 Å². The molecule has 1 aliphatic heterocycles. The molecule has 8 nitrogen and oxygen atoms in total. The Morgan fingerprint density at radius 3 is 2.33 bits per heavy atom. The van der Waals surface area contributed by atoms with E-state index in [0.29, 0.717) is 25.1 Å². The number of carbonyl (C=O) groups excluding carboxylic acids is 2. The molecule has 1 N–H and O–H groups in total. The number of aryl methyl sites for hydroxylation is 1. The zero-order chi connectivity index (χ0) is 22.4. The highest BCUT2D eigenvalue weighted by Gasteiger charge is 2.38. The molecule has 9 heteroatoms. The molecule has 0 atom stereocenters. The lowest BCUT2D eigenvalue weighted by Crippen LogP contribution is -2.50. The van der Waals surface area contributed by atoms with Gasteiger partial charge in [0.1, 0.15) is 5.56 Å². The van der Waals surface area contributed by atoms with Crippen LogP contribution in [0.1, 0.15) is 66.5 Å². The van der Waals surface area contributed by atoms with E-state index in [1.165, 1.54) is 29.9 Å². The summed E-state index contributed by atoms with van der Waals surface area (Å²) in [7, 11) is -3.69. The number of rotatable bonds is 5. The first-order valence-electron chi connectivity index (χ1n) is 9.97. The highest BCUT2D eigenvalue weighted by molar-refractivity contribution is 7.91. The lowest BCUT2D eigenvalue weighted by Gasteiger charge is -2.40. The maximum absolute atomic E-state index is 13.4. The fraction of sp³-hybridized carbons (Fsp3) is 0.476. The van der Waals surface area contributed by atoms with E-state index >= 15 is 0 Å². The number of aromatic amines is 1. The predicted octanol–water partition coefficient (Wildman–Crippen LogP) is 2.02. The Kier molecular flexibility index (Phi) is 5.53. The Bertz CT molecular complexity index is 1180. The third-order valence-corrected chi connectivity index (χ3v) is 7.26. The number of nitrogens with one attached hydrogen (secondary N) is 1. The van der Waals surface area contributed by atoms with Gasteiger partial charge < -0.3 is 10.00 Å². The third-order valence-electron chi connectivity index (χ3n) is 5.49. The minimum absolute atomic E-state index is 0.0316. The Morgan fingerprint density at radius 2 is 1.80 bits per heavy atom. The second kappa shape index (κ2) is 7.54. The molecule has 2 heterocycles. The number of nitrogens with zero attached hydrogens (tertiary/aromatic N) is 2. The van der Waals surface area contributed by atoms with Crippen LogP contribution in [0.15, 0.2) is 28.0 Å². The second-order valence-corrected chi connectivity index (χ2v) is 10.6. The van der Waals surface area contributed by atoms with Crippen LogP contribution in [-0.2, 0) is 22.8 Å². The Morgan fingerprint density at radius 1 is 1.13 bits per heavy atom. The van der Waals surface area contributed by atoms with E-state index in [2.05, 4.69) is 5.10 Å². The van der Waals surface area contributed by atoms with E-state index in [1.54, 1.807) is 11.8 Å². The lowest BCUT2D eigenvalue weighted by molar-refractivity contribution is 0.0557. The molecule has 0 aliphatic carbocycles. The Labute approximate surface area is 175 Å². The number of hydrogen-bond acceptors (Lipinski definition) is 5. The van der Waals surface area contributed by atoms with Gasteiger partial charge in [-0.3, -0.25) is 19.1 Å².